The molecule has 0 aliphatic carbocycles. The van der Waals surface area contributed by atoms with E-state index in [1.54, 1.807) is 23.1 Å². The maximum absolute atomic E-state index is 13.7. The van der Waals surface area contributed by atoms with Gasteiger partial charge in [0, 0.05) is 25.1 Å². The number of benzene rings is 1. The first-order valence-corrected chi connectivity index (χ1v) is 9.99. The number of carbonyl (C=O) groups excluding carboxylic acids is 1. The molecule has 2 aliphatic heterocycles. The lowest BCUT2D eigenvalue weighted by atomic mass is 9.77. The molecule has 0 saturated carbocycles. The molecule has 0 spiro atoms. The molecule has 6 nitrogen and oxygen atoms in total. The number of ether oxygens (including phenoxy) is 1. The average molecular weight is 434 g/mol. The predicted octanol–water partition coefficient (Wildman–Crippen LogP) is 2.32. The maximum Gasteiger partial charge on any atom is 0.492 e. The van der Waals surface area contributed by atoms with Gasteiger partial charge in [-0.15, -0.1) is 0 Å². The number of alkyl halides is 3. The zero-order valence-corrected chi connectivity index (χ0v) is 17.2. The SMILES string of the molecule is CC1(C)OB(O)c2cc(CC(=O)c3ccc(N4CCOCC4)nc3C(F)(F)F)ccc21. The number of morpholine rings is 1. The second kappa shape index (κ2) is 7.92. The van der Waals surface area contributed by atoms with Gasteiger partial charge in [-0.3, -0.25) is 4.79 Å². The third kappa shape index (κ3) is 4.33. The molecule has 10 heteroatoms. The molecule has 2 aromatic rings. The zero-order chi connectivity index (χ0) is 22.4. The van der Waals surface area contributed by atoms with Gasteiger partial charge < -0.3 is 19.3 Å². The number of fused-ring (bicyclic) bond motifs is 1. The summed E-state index contributed by atoms with van der Waals surface area (Å²) in [7, 11) is -1.14. The van der Waals surface area contributed by atoms with Crippen LogP contribution in [-0.2, 0) is 27.6 Å². The van der Waals surface area contributed by atoms with Crippen molar-refractivity contribution in [3.63, 3.8) is 0 Å². The van der Waals surface area contributed by atoms with Gasteiger partial charge in [-0.05, 0) is 42.6 Å². The molecule has 3 heterocycles. The number of anilines is 1. The smallest absolute Gasteiger partial charge is 0.423 e. The normalized spacial score (nSPS) is 18.3. The Kier molecular flexibility index (Phi) is 5.57. The zero-order valence-electron chi connectivity index (χ0n) is 17.2. The van der Waals surface area contributed by atoms with Crippen molar-refractivity contribution < 1.29 is 32.4 Å². The van der Waals surface area contributed by atoms with Gasteiger partial charge in [-0.2, -0.15) is 13.2 Å². The van der Waals surface area contributed by atoms with Gasteiger partial charge in [0.15, 0.2) is 11.5 Å². The van der Waals surface area contributed by atoms with Gasteiger partial charge in [0.25, 0.3) is 0 Å². The summed E-state index contributed by atoms with van der Waals surface area (Å²) >= 11 is 0. The van der Waals surface area contributed by atoms with E-state index in [4.69, 9.17) is 9.39 Å². The van der Waals surface area contributed by atoms with Crippen molar-refractivity contribution in [3.05, 3.63) is 52.7 Å². The van der Waals surface area contributed by atoms with Crippen LogP contribution in [-0.4, -0.2) is 49.2 Å². The Morgan fingerprint density at radius 3 is 2.61 bits per heavy atom. The molecule has 2 aliphatic rings. The van der Waals surface area contributed by atoms with Crippen molar-refractivity contribution in [2.45, 2.75) is 32.0 Å². The highest BCUT2D eigenvalue weighted by molar-refractivity contribution is 6.62. The molecule has 1 N–H and O–H groups in total. The third-order valence-electron chi connectivity index (χ3n) is 5.59. The summed E-state index contributed by atoms with van der Waals surface area (Å²) < 4.78 is 51.8. The van der Waals surface area contributed by atoms with Crippen LogP contribution in [0.1, 0.15) is 41.0 Å². The van der Waals surface area contributed by atoms with Crippen molar-refractivity contribution in [1.82, 2.24) is 4.98 Å². The minimum absolute atomic E-state index is 0.173. The van der Waals surface area contributed by atoms with Crippen LogP contribution in [0.2, 0.25) is 0 Å². The first kappa shape index (κ1) is 21.8. The molecule has 1 aromatic carbocycles. The van der Waals surface area contributed by atoms with Gasteiger partial charge in [0.2, 0.25) is 0 Å². The molecule has 0 bridgehead atoms. The molecule has 1 fully saturated rings. The molecule has 1 saturated heterocycles. The first-order valence-electron chi connectivity index (χ1n) is 9.99. The maximum atomic E-state index is 13.7. The van der Waals surface area contributed by atoms with Crippen LogP contribution in [0.15, 0.2) is 30.3 Å². The van der Waals surface area contributed by atoms with E-state index in [-0.39, 0.29) is 12.2 Å². The molecular weight excluding hydrogens is 412 g/mol. The quantitative estimate of drug-likeness (QED) is 0.589. The average Bonchev–Trinajstić information content (AvgIpc) is 2.95. The van der Waals surface area contributed by atoms with Crippen LogP contribution in [0.5, 0.6) is 0 Å². The molecule has 0 amide bonds. The Hall–Kier alpha value is -2.43. The van der Waals surface area contributed by atoms with E-state index >= 15 is 0 Å². The number of nitrogens with zero attached hydrogens (tertiary/aromatic N) is 2. The molecule has 1 aromatic heterocycles. The number of hydrogen-bond donors (Lipinski definition) is 1. The number of aromatic nitrogens is 1. The summed E-state index contributed by atoms with van der Waals surface area (Å²) in [5.41, 5.74) is -0.542. The van der Waals surface area contributed by atoms with Gasteiger partial charge in [-0.1, -0.05) is 18.2 Å². The van der Waals surface area contributed by atoms with E-state index in [9.17, 15) is 23.0 Å². The van der Waals surface area contributed by atoms with Crippen LogP contribution in [0.3, 0.4) is 0 Å². The number of pyridine rings is 1. The van der Waals surface area contributed by atoms with Crippen molar-refractivity contribution in [2.75, 3.05) is 31.2 Å². The number of halogens is 3. The molecule has 4 rings (SSSR count). The highest BCUT2D eigenvalue weighted by atomic mass is 19.4. The van der Waals surface area contributed by atoms with Crippen LogP contribution < -0.4 is 10.4 Å². The number of Topliss-reactive ketones (excluding diaryl/α,β-unsaturated/α-hetero) is 1. The number of ketones is 1. The van der Waals surface area contributed by atoms with E-state index in [0.717, 1.165) is 5.56 Å². The minimum Gasteiger partial charge on any atom is -0.423 e. The molecule has 164 valence electrons. The summed E-state index contributed by atoms with van der Waals surface area (Å²) in [6, 6.07) is 7.64. The Labute approximate surface area is 178 Å². The lowest BCUT2D eigenvalue weighted by molar-refractivity contribution is -0.141. The summed E-state index contributed by atoms with van der Waals surface area (Å²) in [5, 5.41) is 10.1. The van der Waals surface area contributed by atoms with E-state index in [1.165, 1.54) is 12.1 Å². The third-order valence-corrected chi connectivity index (χ3v) is 5.59. The number of hydrogen-bond acceptors (Lipinski definition) is 6. The summed E-state index contributed by atoms with van der Waals surface area (Å²) in [6.07, 6.45) is -5.01. The topological polar surface area (TPSA) is 71.9 Å². The molecular formula is C21H22BF3N2O4. The Bertz CT molecular complexity index is 1010. The lowest BCUT2D eigenvalue weighted by Crippen LogP contribution is -2.37. The van der Waals surface area contributed by atoms with E-state index < -0.39 is 35.9 Å². The lowest BCUT2D eigenvalue weighted by Gasteiger charge is -2.28. The predicted molar refractivity (Wildman–Crippen MR) is 108 cm³/mol. The Morgan fingerprint density at radius 2 is 1.94 bits per heavy atom. The van der Waals surface area contributed by atoms with Gasteiger partial charge in [0.05, 0.1) is 18.8 Å². The molecule has 31 heavy (non-hydrogen) atoms. The van der Waals surface area contributed by atoms with Crippen LogP contribution in [0, 0.1) is 0 Å². The van der Waals surface area contributed by atoms with Crippen molar-refractivity contribution in [1.29, 1.82) is 0 Å². The second-order valence-corrected chi connectivity index (χ2v) is 8.16. The fourth-order valence-electron chi connectivity index (χ4n) is 4.02. The minimum atomic E-state index is -4.76. The fraction of sp³-hybridized carbons (Fsp3) is 0.429. The van der Waals surface area contributed by atoms with Gasteiger partial charge in [0.1, 0.15) is 5.82 Å². The first-order chi connectivity index (χ1) is 14.6. The monoisotopic (exact) mass is 434 g/mol. The van der Waals surface area contributed by atoms with Gasteiger partial charge in [-0.25, -0.2) is 4.98 Å². The van der Waals surface area contributed by atoms with E-state index in [0.29, 0.717) is 37.3 Å². The highest BCUT2D eigenvalue weighted by Crippen LogP contribution is 2.33. The summed E-state index contributed by atoms with van der Waals surface area (Å²) in [4.78, 5) is 18.3. The van der Waals surface area contributed by atoms with Crippen LogP contribution >= 0.6 is 0 Å². The van der Waals surface area contributed by atoms with E-state index in [2.05, 4.69) is 4.98 Å². The second-order valence-electron chi connectivity index (χ2n) is 8.16. The molecule has 0 unspecified atom stereocenters. The Morgan fingerprint density at radius 1 is 1.23 bits per heavy atom. The van der Waals surface area contributed by atoms with Crippen molar-refractivity contribution in [3.8, 4) is 0 Å². The van der Waals surface area contributed by atoms with Crippen LogP contribution in [0.25, 0.3) is 0 Å². The fourth-order valence-corrected chi connectivity index (χ4v) is 4.02. The summed E-state index contributed by atoms with van der Waals surface area (Å²) in [5.74, 6) is -0.520. The number of carbonyl (C=O) groups is 1. The molecule has 0 atom stereocenters. The standard InChI is InChI=1S/C21H22BF3N2O4/c1-20(2)15-5-3-13(11-16(15)22(29)31-20)12-17(28)14-4-6-18(26-19(14)21(23,24)25)27-7-9-30-10-8-27/h3-6,11,29H,7-10,12H2,1-2H3. The summed E-state index contributed by atoms with van der Waals surface area (Å²) in [6.45, 7) is 5.32. The van der Waals surface area contributed by atoms with Crippen molar-refractivity contribution in [2.24, 2.45) is 0 Å². The van der Waals surface area contributed by atoms with E-state index in [1.807, 2.05) is 13.8 Å². The number of rotatable bonds is 4. The molecule has 0 radical (unpaired) electrons. The van der Waals surface area contributed by atoms with Crippen LogP contribution in [0.4, 0.5) is 19.0 Å². The Balaban J connectivity index is 1.62. The van der Waals surface area contributed by atoms with Gasteiger partial charge >= 0.3 is 13.3 Å². The van der Waals surface area contributed by atoms with Crippen molar-refractivity contribution >= 4 is 24.2 Å². The largest absolute Gasteiger partial charge is 0.492 e. The highest BCUT2D eigenvalue weighted by Gasteiger charge is 2.41.